The first kappa shape index (κ1) is 9.49. The van der Waals surface area contributed by atoms with Crippen LogP contribution in [-0.2, 0) is 4.79 Å². The molecule has 70 valence electrons. The summed E-state index contributed by atoms with van der Waals surface area (Å²) in [6.07, 6.45) is 1.90. The van der Waals surface area contributed by atoms with Gasteiger partial charge in [0.1, 0.15) is 0 Å². The zero-order valence-electron chi connectivity index (χ0n) is 7.29. The topological polar surface area (TPSA) is 37.3 Å². The molecule has 1 aliphatic rings. The molecule has 0 aromatic carbocycles. The highest BCUT2D eigenvalue weighted by Crippen LogP contribution is 2.35. The largest absolute Gasteiger partial charge is 0.479 e. The Kier molecular flexibility index (Phi) is 3.06. The van der Waals surface area contributed by atoms with Crippen molar-refractivity contribution >= 4 is 5.97 Å². The highest BCUT2D eigenvalue weighted by Gasteiger charge is 2.33. The van der Waals surface area contributed by atoms with E-state index in [-0.39, 0.29) is 5.92 Å². The number of hydrogen-bond donors (Lipinski definition) is 1. The highest BCUT2D eigenvalue weighted by molar-refractivity contribution is 5.72. The van der Waals surface area contributed by atoms with Crippen molar-refractivity contribution in [2.45, 2.75) is 38.8 Å². The highest BCUT2D eigenvalue weighted by atomic mass is 19.1. The van der Waals surface area contributed by atoms with Gasteiger partial charge in [-0.15, -0.1) is 0 Å². The first-order valence-corrected chi connectivity index (χ1v) is 4.52. The van der Waals surface area contributed by atoms with E-state index in [1.807, 2.05) is 0 Å². The van der Waals surface area contributed by atoms with Gasteiger partial charge in [0.25, 0.3) is 0 Å². The number of carboxylic acid groups (broad SMARTS) is 1. The lowest BCUT2D eigenvalue weighted by Crippen LogP contribution is -2.23. The molecule has 1 aliphatic carbocycles. The molecule has 0 amide bonds. The number of aliphatic carboxylic acids is 1. The molecule has 0 saturated heterocycles. The zero-order chi connectivity index (χ0) is 9.14. The van der Waals surface area contributed by atoms with Crippen molar-refractivity contribution in [2.75, 3.05) is 0 Å². The number of halogens is 1. The summed E-state index contributed by atoms with van der Waals surface area (Å²) in [7, 11) is 0. The molecule has 3 heteroatoms. The number of alkyl halides is 1. The summed E-state index contributed by atoms with van der Waals surface area (Å²) in [4.78, 5) is 10.3. The first-order chi connectivity index (χ1) is 5.65. The number of carbonyl (C=O) groups is 1. The molecule has 1 saturated carbocycles. The Morgan fingerprint density at radius 1 is 1.67 bits per heavy atom. The maximum absolute atomic E-state index is 12.9. The zero-order valence-corrected chi connectivity index (χ0v) is 7.29. The van der Waals surface area contributed by atoms with E-state index in [1.165, 1.54) is 0 Å². The van der Waals surface area contributed by atoms with Crippen molar-refractivity contribution in [1.82, 2.24) is 0 Å². The maximum Gasteiger partial charge on any atom is 0.338 e. The normalized spacial score (nSPS) is 31.8. The molecule has 0 spiro atoms. The summed E-state index contributed by atoms with van der Waals surface area (Å²) < 4.78 is 12.9. The van der Waals surface area contributed by atoms with Crippen molar-refractivity contribution in [3.05, 3.63) is 0 Å². The van der Waals surface area contributed by atoms with Crippen molar-refractivity contribution in [2.24, 2.45) is 11.8 Å². The lowest BCUT2D eigenvalue weighted by molar-refractivity contribution is -0.144. The van der Waals surface area contributed by atoms with E-state index in [0.717, 1.165) is 25.7 Å². The molecule has 0 aliphatic heterocycles. The molecule has 3 unspecified atom stereocenters. The van der Waals surface area contributed by atoms with Crippen LogP contribution in [0, 0.1) is 11.8 Å². The summed E-state index contributed by atoms with van der Waals surface area (Å²) in [5.74, 6) is -0.975. The van der Waals surface area contributed by atoms with E-state index in [4.69, 9.17) is 5.11 Å². The molecule has 0 aromatic heterocycles. The maximum atomic E-state index is 12.9. The average Bonchev–Trinajstić information content (AvgIpc) is 2.50. The number of rotatable bonds is 3. The summed E-state index contributed by atoms with van der Waals surface area (Å²) in [6.45, 7) is 2.07. The SMILES string of the molecule is CCC1CCC(C(F)C(=O)O)C1. The predicted molar refractivity (Wildman–Crippen MR) is 43.7 cm³/mol. The van der Waals surface area contributed by atoms with Gasteiger partial charge < -0.3 is 5.11 Å². The van der Waals surface area contributed by atoms with E-state index in [1.54, 1.807) is 0 Å². The Morgan fingerprint density at radius 3 is 2.75 bits per heavy atom. The lowest BCUT2D eigenvalue weighted by Gasteiger charge is -2.10. The van der Waals surface area contributed by atoms with Gasteiger partial charge in [0.15, 0.2) is 6.17 Å². The number of carboxylic acids is 1. The van der Waals surface area contributed by atoms with Crippen LogP contribution in [-0.4, -0.2) is 17.2 Å². The Bertz CT molecular complexity index is 170. The van der Waals surface area contributed by atoms with Crippen molar-refractivity contribution in [1.29, 1.82) is 0 Å². The van der Waals surface area contributed by atoms with Crippen LogP contribution in [0.25, 0.3) is 0 Å². The van der Waals surface area contributed by atoms with Gasteiger partial charge in [-0.1, -0.05) is 19.8 Å². The van der Waals surface area contributed by atoms with Crippen LogP contribution >= 0.6 is 0 Å². The molecule has 3 atom stereocenters. The van der Waals surface area contributed by atoms with Gasteiger partial charge in [-0.3, -0.25) is 0 Å². The van der Waals surface area contributed by atoms with Gasteiger partial charge in [0.05, 0.1) is 0 Å². The monoisotopic (exact) mass is 174 g/mol. The molecular weight excluding hydrogens is 159 g/mol. The average molecular weight is 174 g/mol. The van der Waals surface area contributed by atoms with Crippen LogP contribution in [0.1, 0.15) is 32.6 Å². The molecule has 0 bridgehead atoms. The third-order valence-corrected chi connectivity index (χ3v) is 2.81. The molecule has 0 radical (unpaired) electrons. The van der Waals surface area contributed by atoms with Crippen LogP contribution in [0.5, 0.6) is 0 Å². The van der Waals surface area contributed by atoms with E-state index >= 15 is 0 Å². The number of hydrogen-bond acceptors (Lipinski definition) is 1. The molecule has 12 heavy (non-hydrogen) atoms. The van der Waals surface area contributed by atoms with Gasteiger partial charge in [-0.2, -0.15) is 0 Å². The summed E-state index contributed by atoms with van der Waals surface area (Å²) in [5, 5.41) is 8.43. The fourth-order valence-corrected chi connectivity index (χ4v) is 1.95. The van der Waals surface area contributed by atoms with Crippen LogP contribution in [0.4, 0.5) is 4.39 Å². The Morgan fingerprint density at radius 2 is 2.33 bits per heavy atom. The molecule has 0 heterocycles. The van der Waals surface area contributed by atoms with E-state index in [9.17, 15) is 9.18 Å². The van der Waals surface area contributed by atoms with Crippen LogP contribution in [0.15, 0.2) is 0 Å². The second kappa shape index (κ2) is 3.87. The van der Waals surface area contributed by atoms with E-state index in [0.29, 0.717) is 5.92 Å². The van der Waals surface area contributed by atoms with Gasteiger partial charge in [-0.25, -0.2) is 9.18 Å². The van der Waals surface area contributed by atoms with Crippen LogP contribution in [0.3, 0.4) is 0 Å². The van der Waals surface area contributed by atoms with Gasteiger partial charge in [-0.05, 0) is 18.8 Å². The molecule has 0 aromatic rings. The molecular formula is C9H15FO2. The minimum absolute atomic E-state index is 0.229. The molecule has 2 nitrogen and oxygen atoms in total. The third-order valence-electron chi connectivity index (χ3n) is 2.81. The van der Waals surface area contributed by atoms with E-state index in [2.05, 4.69) is 6.92 Å². The summed E-state index contributed by atoms with van der Waals surface area (Å²) >= 11 is 0. The Hall–Kier alpha value is -0.600. The van der Waals surface area contributed by atoms with Crippen LogP contribution in [0.2, 0.25) is 0 Å². The fraction of sp³-hybridized carbons (Fsp3) is 0.889. The van der Waals surface area contributed by atoms with Gasteiger partial charge in [0.2, 0.25) is 0 Å². The quantitative estimate of drug-likeness (QED) is 0.712. The second-order valence-corrected chi connectivity index (χ2v) is 3.59. The third kappa shape index (κ3) is 1.96. The van der Waals surface area contributed by atoms with Crippen molar-refractivity contribution in [3.63, 3.8) is 0 Å². The lowest BCUT2D eigenvalue weighted by atomic mass is 9.99. The standard InChI is InChI=1S/C9H15FO2/c1-2-6-3-4-7(5-6)8(10)9(11)12/h6-8H,2-5H2,1H3,(H,11,12). The minimum atomic E-state index is -1.64. The first-order valence-electron chi connectivity index (χ1n) is 4.52. The van der Waals surface area contributed by atoms with Crippen LogP contribution < -0.4 is 0 Å². The second-order valence-electron chi connectivity index (χ2n) is 3.59. The Balaban J connectivity index is 2.41. The molecule has 1 fully saturated rings. The summed E-state index contributed by atoms with van der Waals surface area (Å²) in [6, 6.07) is 0. The van der Waals surface area contributed by atoms with E-state index < -0.39 is 12.1 Å². The summed E-state index contributed by atoms with van der Waals surface area (Å²) in [5.41, 5.74) is 0. The predicted octanol–water partition coefficient (Wildman–Crippen LogP) is 2.24. The minimum Gasteiger partial charge on any atom is -0.479 e. The van der Waals surface area contributed by atoms with Gasteiger partial charge in [0, 0.05) is 5.92 Å². The molecule has 1 N–H and O–H groups in total. The Labute approximate surface area is 71.8 Å². The molecule has 1 rings (SSSR count). The van der Waals surface area contributed by atoms with Crippen molar-refractivity contribution in [3.8, 4) is 0 Å². The fourth-order valence-electron chi connectivity index (χ4n) is 1.95. The van der Waals surface area contributed by atoms with Crippen molar-refractivity contribution < 1.29 is 14.3 Å². The van der Waals surface area contributed by atoms with Gasteiger partial charge >= 0.3 is 5.97 Å². The smallest absolute Gasteiger partial charge is 0.338 e.